The van der Waals surface area contributed by atoms with E-state index in [1.54, 1.807) is 0 Å². The van der Waals surface area contributed by atoms with Crippen LogP contribution in [0.2, 0.25) is 0 Å². The van der Waals surface area contributed by atoms with Gasteiger partial charge in [0.1, 0.15) is 24.2 Å². The van der Waals surface area contributed by atoms with Gasteiger partial charge in [-0.05, 0) is 45.1 Å². The Hall–Kier alpha value is -3.99. The minimum Gasteiger partial charge on any atom is -0.762 e. The molecule has 44 heavy (non-hydrogen) atoms. The van der Waals surface area contributed by atoms with Crippen LogP contribution in [0.25, 0.3) is 0 Å². The maximum atomic E-state index is 12.9. The zero-order chi connectivity index (χ0) is 33.7. The number of nitrogens with one attached hydrogen (secondary N) is 5. The molecule has 0 aliphatic carbocycles. The molecule has 21 heteroatoms. The van der Waals surface area contributed by atoms with E-state index in [0.717, 1.165) is 0 Å². The first-order chi connectivity index (χ1) is 20.8. The number of carbonyl (C=O) groups is 7. The quantitative estimate of drug-likeness (QED) is 0.0192. The largest absolute Gasteiger partial charge is 0.762 e. The van der Waals surface area contributed by atoms with Crippen LogP contribution in [0.3, 0.4) is 0 Å². The van der Waals surface area contributed by atoms with Gasteiger partial charge in [-0.3, -0.25) is 39.2 Å². The Kier molecular flexibility index (Phi) is 20.5. The van der Waals surface area contributed by atoms with Crippen molar-refractivity contribution in [3.63, 3.8) is 0 Å². The van der Waals surface area contributed by atoms with Crippen LogP contribution in [0.15, 0.2) is 0 Å². The fraction of sp³-hybridized carbons (Fsp3) is 0.696. The first kappa shape index (κ1) is 40.0. The molecule has 0 aliphatic rings. The van der Waals surface area contributed by atoms with E-state index in [1.165, 1.54) is 0 Å². The van der Waals surface area contributed by atoms with Crippen molar-refractivity contribution in [2.24, 2.45) is 5.73 Å². The molecule has 0 radical (unpaired) electrons. The second kappa shape index (κ2) is 22.5. The Morgan fingerprint density at radius 2 is 1.41 bits per heavy atom. The minimum atomic E-state index is -2.57. The number of rotatable bonds is 25. The van der Waals surface area contributed by atoms with Crippen molar-refractivity contribution in [2.75, 3.05) is 32.8 Å². The van der Waals surface area contributed by atoms with Crippen molar-refractivity contribution in [1.82, 2.24) is 36.9 Å². The van der Waals surface area contributed by atoms with Gasteiger partial charge in [-0.2, -0.15) is 0 Å². The fourth-order valence-electron chi connectivity index (χ4n) is 3.60. The van der Waals surface area contributed by atoms with Crippen LogP contribution in [-0.4, -0.2) is 141 Å². The van der Waals surface area contributed by atoms with Crippen molar-refractivity contribution in [3.05, 3.63) is 5.21 Å². The zero-order valence-corrected chi connectivity index (χ0v) is 23.8. The van der Waals surface area contributed by atoms with Crippen molar-refractivity contribution >= 4 is 42.4 Å². The molecule has 0 saturated heterocycles. The number of carbonyl (C=O) groups excluding carboxylic acids is 6. The lowest BCUT2D eigenvalue weighted by molar-refractivity contribution is -0.152. The molecule has 0 bridgehead atoms. The molecule has 0 aromatic rings. The Labute approximate surface area is 251 Å². The van der Waals surface area contributed by atoms with Crippen molar-refractivity contribution in [1.29, 1.82) is 0 Å². The molecule has 0 rings (SSSR count). The van der Waals surface area contributed by atoms with Gasteiger partial charge in [-0.1, -0.05) is 0 Å². The summed E-state index contributed by atoms with van der Waals surface area (Å²) < 4.78 is 0. The van der Waals surface area contributed by atoms with Crippen LogP contribution in [0.1, 0.15) is 38.5 Å². The third kappa shape index (κ3) is 16.0. The molecule has 0 aromatic carbocycles. The van der Waals surface area contributed by atoms with E-state index < -0.39 is 78.2 Å². The second-order valence-corrected chi connectivity index (χ2v) is 9.33. The van der Waals surface area contributed by atoms with Crippen LogP contribution in [0, 0.1) is 5.21 Å². The summed E-state index contributed by atoms with van der Waals surface area (Å²) in [5, 5.41) is 68.4. The number of aliphatic hydroxyl groups excluding tert-OH is 2. The number of hydrogen-bond acceptors (Lipinski definition) is 14. The van der Waals surface area contributed by atoms with Crippen LogP contribution in [0.5, 0.6) is 0 Å². The highest BCUT2D eigenvalue weighted by Crippen LogP contribution is 2.04. The topological polar surface area (TPSA) is 336 Å². The molecule has 12 N–H and O–H groups in total. The standard InChI is InChI=1S/C23H41N8O13/c24-7-1-2-8-25-19(36)15(6-3-9-30(42)13-34)27-21(38)16(11-32)28-22(39)17(18(35)23(40)41)29-20(37)14(26-12-33)5-4-10-31(43)44/h12-18,32,35,42-43H,1-11,24H2,(H,25,36)(H,26,33)(H,27,38)(H,28,39)(H,29,37)(H,40,41)/q-1/t14-,15-,16-,17+,18+/m0/s1. The van der Waals surface area contributed by atoms with Gasteiger partial charge in [0.05, 0.1) is 6.61 Å². The number of hydroxylamine groups is 4. The summed E-state index contributed by atoms with van der Waals surface area (Å²) >= 11 is 0. The molecule has 0 heterocycles. The smallest absolute Gasteiger partial charge is 0.335 e. The maximum absolute atomic E-state index is 12.9. The molecule has 5 atom stereocenters. The molecular weight excluding hydrogens is 596 g/mol. The number of aliphatic carboxylic acids is 1. The predicted octanol–water partition coefficient (Wildman–Crippen LogP) is -5.55. The molecule has 0 fully saturated rings. The van der Waals surface area contributed by atoms with E-state index in [-0.39, 0.29) is 51.6 Å². The second-order valence-electron chi connectivity index (χ2n) is 9.33. The third-order valence-electron chi connectivity index (χ3n) is 5.96. The third-order valence-corrected chi connectivity index (χ3v) is 5.96. The van der Waals surface area contributed by atoms with E-state index in [0.29, 0.717) is 24.4 Å². The van der Waals surface area contributed by atoms with Gasteiger partial charge in [0, 0.05) is 19.6 Å². The van der Waals surface area contributed by atoms with Crippen LogP contribution in [-0.2, 0) is 33.6 Å². The lowest BCUT2D eigenvalue weighted by Crippen LogP contribution is -2.62. The zero-order valence-electron chi connectivity index (χ0n) is 23.8. The van der Waals surface area contributed by atoms with Crippen LogP contribution < -0.4 is 32.3 Å². The number of aliphatic hydroxyl groups is 2. The van der Waals surface area contributed by atoms with Crippen LogP contribution in [0.4, 0.5) is 0 Å². The molecular formula is C23H41N8O13-. The van der Waals surface area contributed by atoms with Gasteiger partial charge in [0.15, 0.2) is 6.10 Å². The first-order valence-corrected chi connectivity index (χ1v) is 13.5. The highest BCUT2D eigenvalue weighted by molar-refractivity contribution is 5.97. The Balaban J connectivity index is 5.71. The monoisotopic (exact) mass is 637 g/mol. The molecule has 0 saturated carbocycles. The number of amides is 6. The highest BCUT2D eigenvalue weighted by atomic mass is 16.8. The average Bonchev–Trinajstić information content (AvgIpc) is 2.98. The van der Waals surface area contributed by atoms with Gasteiger partial charge in [0.2, 0.25) is 36.4 Å². The number of carboxylic acid groups (broad SMARTS) is 1. The maximum Gasteiger partial charge on any atom is 0.335 e. The molecule has 0 spiro atoms. The lowest BCUT2D eigenvalue weighted by atomic mass is 10.1. The number of unbranched alkanes of at least 4 members (excludes halogenated alkanes) is 1. The number of hydrogen-bond donors (Lipinski definition) is 11. The number of carboxylic acids is 1. The van der Waals surface area contributed by atoms with E-state index in [1.807, 2.05) is 10.6 Å². The summed E-state index contributed by atoms with van der Waals surface area (Å²) in [6.07, 6.45) is -1.66. The molecule has 0 aliphatic heterocycles. The van der Waals surface area contributed by atoms with Crippen LogP contribution >= 0.6 is 0 Å². The summed E-state index contributed by atoms with van der Waals surface area (Å²) in [6.45, 7) is -1.15. The van der Waals surface area contributed by atoms with Crippen molar-refractivity contribution in [2.45, 2.75) is 68.8 Å². The van der Waals surface area contributed by atoms with Gasteiger partial charge >= 0.3 is 5.97 Å². The summed E-state index contributed by atoms with van der Waals surface area (Å²) in [5.41, 5.74) is 5.41. The number of nitrogens with zero attached hydrogens (tertiary/aromatic N) is 2. The van der Waals surface area contributed by atoms with Crippen molar-refractivity contribution in [3.8, 4) is 0 Å². The Morgan fingerprint density at radius 3 is 1.95 bits per heavy atom. The van der Waals surface area contributed by atoms with Gasteiger partial charge < -0.3 is 58.1 Å². The molecule has 6 amide bonds. The average molecular weight is 638 g/mol. The van der Waals surface area contributed by atoms with E-state index in [4.69, 9.17) is 10.9 Å². The Morgan fingerprint density at radius 1 is 0.818 bits per heavy atom. The summed E-state index contributed by atoms with van der Waals surface area (Å²) in [5.74, 6) is -6.37. The van der Waals surface area contributed by atoms with E-state index in [9.17, 15) is 59.3 Å². The molecule has 21 nitrogen and oxygen atoms in total. The molecule has 252 valence electrons. The van der Waals surface area contributed by atoms with E-state index in [2.05, 4.69) is 16.0 Å². The molecule has 0 unspecified atom stereocenters. The predicted molar refractivity (Wildman–Crippen MR) is 146 cm³/mol. The van der Waals surface area contributed by atoms with Crippen molar-refractivity contribution < 1.29 is 59.3 Å². The van der Waals surface area contributed by atoms with Gasteiger partial charge in [-0.25, -0.2) is 9.86 Å². The first-order valence-electron chi connectivity index (χ1n) is 13.5. The highest BCUT2D eigenvalue weighted by Gasteiger charge is 2.37. The van der Waals surface area contributed by atoms with Gasteiger partial charge in [0.25, 0.3) is 0 Å². The van der Waals surface area contributed by atoms with Gasteiger partial charge in [-0.15, -0.1) is 0 Å². The van der Waals surface area contributed by atoms with E-state index >= 15 is 0 Å². The lowest BCUT2D eigenvalue weighted by Gasteiger charge is -2.27. The SMILES string of the molecule is NCCCCNC(=O)[C@H](CCCN(O)C=O)NC(=O)[C@H](CO)NC(=O)[C@H](NC(=O)[C@H](CCCN([O-])O)NC=O)[C@@H](O)C(=O)O. The number of nitrogens with two attached hydrogens (primary N) is 1. The minimum absolute atomic E-state index is 0.0343. The normalized spacial score (nSPS) is 14.2. The summed E-state index contributed by atoms with van der Waals surface area (Å²) in [7, 11) is 0. The molecule has 0 aromatic heterocycles. The Bertz CT molecular complexity index is 942. The summed E-state index contributed by atoms with van der Waals surface area (Å²) in [4.78, 5) is 84.1. The fourth-order valence-corrected chi connectivity index (χ4v) is 3.60. The summed E-state index contributed by atoms with van der Waals surface area (Å²) in [6, 6.07) is -6.78.